The minimum Gasteiger partial charge on any atom is -0.392 e. The number of aryl methyl sites for hydroxylation is 2. The number of amides is 1. The van der Waals surface area contributed by atoms with Gasteiger partial charge in [0.15, 0.2) is 0 Å². The van der Waals surface area contributed by atoms with Crippen LogP contribution < -0.4 is 5.73 Å². The summed E-state index contributed by atoms with van der Waals surface area (Å²) in [4.78, 5) is 14.0. The largest absolute Gasteiger partial charge is 0.392 e. The van der Waals surface area contributed by atoms with Crippen LogP contribution >= 0.6 is 12.2 Å². The van der Waals surface area contributed by atoms with Crippen LogP contribution in [0.15, 0.2) is 6.20 Å². The van der Waals surface area contributed by atoms with E-state index in [1.165, 1.54) is 0 Å². The maximum absolute atomic E-state index is 12.1. The SMILES string of the molecule is CCN(CC(N)=S)C(=O)c1cn(C)nc1C. The molecule has 88 valence electrons. The van der Waals surface area contributed by atoms with Crippen LogP contribution in [-0.2, 0) is 7.05 Å². The highest BCUT2D eigenvalue weighted by Gasteiger charge is 2.18. The van der Waals surface area contributed by atoms with E-state index in [2.05, 4.69) is 5.10 Å². The number of carbonyl (C=O) groups excluding carboxylic acids is 1. The Kier molecular flexibility index (Phi) is 4.00. The zero-order chi connectivity index (χ0) is 12.3. The summed E-state index contributed by atoms with van der Waals surface area (Å²) in [5.41, 5.74) is 6.76. The molecule has 0 aliphatic rings. The molecular formula is C10H16N4OS. The van der Waals surface area contributed by atoms with Gasteiger partial charge in [-0.05, 0) is 13.8 Å². The van der Waals surface area contributed by atoms with Crippen LogP contribution in [0.5, 0.6) is 0 Å². The van der Waals surface area contributed by atoms with Crippen molar-refractivity contribution in [3.8, 4) is 0 Å². The number of thiocarbonyl (C=S) groups is 1. The summed E-state index contributed by atoms with van der Waals surface area (Å²) in [5, 5.41) is 4.13. The molecule has 1 heterocycles. The van der Waals surface area contributed by atoms with Gasteiger partial charge in [0.1, 0.15) is 0 Å². The Morgan fingerprint density at radius 3 is 2.69 bits per heavy atom. The Hall–Kier alpha value is -1.43. The standard InChI is InChI=1S/C10H16N4OS/c1-4-14(6-9(11)16)10(15)8-5-13(3)12-7(8)2/h5H,4,6H2,1-3H3,(H2,11,16). The molecule has 0 aliphatic carbocycles. The second-order valence-electron chi connectivity index (χ2n) is 3.59. The zero-order valence-corrected chi connectivity index (χ0v) is 10.5. The van der Waals surface area contributed by atoms with Crippen LogP contribution in [0.2, 0.25) is 0 Å². The molecule has 1 aromatic rings. The van der Waals surface area contributed by atoms with Gasteiger partial charge >= 0.3 is 0 Å². The summed E-state index contributed by atoms with van der Waals surface area (Å²) in [5.74, 6) is -0.0825. The van der Waals surface area contributed by atoms with Crippen LogP contribution in [0.25, 0.3) is 0 Å². The van der Waals surface area contributed by atoms with Crippen molar-refractivity contribution in [2.45, 2.75) is 13.8 Å². The third-order valence-corrected chi connectivity index (χ3v) is 2.39. The Balaban J connectivity index is 2.91. The van der Waals surface area contributed by atoms with Gasteiger partial charge in [-0.25, -0.2) is 0 Å². The van der Waals surface area contributed by atoms with E-state index >= 15 is 0 Å². The summed E-state index contributed by atoms with van der Waals surface area (Å²) in [6.45, 7) is 4.58. The van der Waals surface area contributed by atoms with Crippen LogP contribution in [0, 0.1) is 6.92 Å². The Bertz CT molecular complexity index is 413. The van der Waals surface area contributed by atoms with Crippen LogP contribution in [-0.4, -0.2) is 38.7 Å². The highest BCUT2D eigenvalue weighted by atomic mass is 32.1. The molecule has 1 rings (SSSR count). The first-order chi connectivity index (χ1) is 7.45. The number of nitrogens with two attached hydrogens (primary N) is 1. The van der Waals surface area contributed by atoms with Gasteiger partial charge in [0.2, 0.25) is 0 Å². The van der Waals surface area contributed by atoms with E-state index in [1.807, 2.05) is 13.8 Å². The Morgan fingerprint density at radius 2 is 2.31 bits per heavy atom. The Labute approximate surface area is 100 Å². The monoisotopic (exact) mass is 240 g/mol. The summed E-state index contributed by atoms with van der Waals surface area (Å²) in [6.07, 6.45) is 1.71. The lowest BCUT2D eigenvalue weighted by Crippen LogP contribution is -2.37. The highest BCUT2D eigenvalue weighted by molar-refractivity contribution is 7.80. The number of likely N-dealkylation sites (N-methyl/N-ethyl adjacent to an activating group) is 1. The van der Waals surface area contributed by atoms with Crippen molar-refractivity contribution >= 4 is 23.1 Å². The lowest BCUT2D eigenvalue weighted by molar-refractivity contribution is 0.0787. The summed E-state index contributed by atoms with van der Waals surface area (Å²) < 4.78 is 1.62. The number of aromatic nitrogens is 2. The number of rotatable bonds is 4. The summed E-state index contributed by atoms with van der Waals surface area (Å²) in [6, 6.07) is 0. The molecule has 0 bridgehead atoms. The molecular weight excluding hydrogens is 224 g/mol. The molecule has 0 saturated carbocycles. The number of carbonyl (C=O) groups is 1. The maximum Gasteiger partial charge on any atom is 0.257 e. The van der Waals surface area contributed by atoms with Crippen molar-refractivity contribution in [2.24, 2.45) is 12.8 Å². The van der Waals surface area contributed by atoms with E-state index in [4.69, 9.17) is 18.0 Å². The van der Waals surface area contributed by atoms with Gasteiger partial charge in [-0.2, -0.15) is 5.10 Å². The number of hydrogen-bond acceptors (Lipinski definition) is 3. The van der Waals surface area contributed by atoms with Crippen molar-refractivity contribution in [2.75, 3.05) is 13.1 Å². The quantitative estimate of drug-likeness (QED) is 0.777. The van der Waals surface area contributed by atoms with E-state index in [-0.39, 0.29) is 5.91 Å². The second-order valence-corrected chi connectivity index (χ2v) is 4.11. The minimum absolute atomic E-state index is 0.0825. The normalized spacial score (nSPS) is 10.2. The van der Waals surface area contributed by atoms with Crippen molar-refractivity contribution in [3.63, 3.8) is 0 Å². The minimum atomic E-state index is -0.0825. The Morgan fingerprint density at radius 1 is 1.69 bits per heavy atom. The zero-order valence-electron chi connectivity index (χ0n) is 9.73. The molecule has 0 unspecified atom stereocenters. The predicted octanol–water partition coefficient (Wildman–Crippen LogP) is 0.477. The highest BCUT2D eigenvalue weighted by Crippen LogP contribution is 2.08. The first kappa shape index (κ1) is 12.6. The van der Waals surface area contributed by atoms with Gasteiger partial charge in [0, 0.05) is 19.8 Å². The third kappa shape index (κ3) is 2.79. The molecule has 0 saturated heterocycles. The van der Waals surface area contributed by atoms with Gasteiger partial charge in [0.25, 0.3) is 5.91 Å². The smallest absolute Gasteiger partial charge is 0.257 e. The van der Waals surface area contributed by atoms with Crippen molar-refractivity contribution in [1.82, 2.24) is 14.7 Å². The number of hydrogen-bond donors (Lipinski definition) is 1. The molecule has 1 amide bonds. The molecule has 0 spiro atoms. The summed E-state index contributed by atoms with van der Waals surface area (Å²) >= 11 is 4.81. The van der Waals surface area contributed by atoms with Crippen LogP contribution in [0.4, 0.5) is 0 Å². The topological polar surface area (TPSA) is 64.2 Å². The third-order valence-electron chi connectivity index (χ3n) is 2.26. The first-order valence-corrected chi connectivity index (χ1v) is 5.44. The first-order valence-electron chi connectivity index (χ1n) is 5.03. The van der Waals surface area contributed by atoms with Gasteiger partial charge in [-0.1, -0.05) is 12.2 Å². The van der Waals surface area contributed by atoms with Crippen molar-refractivity contribution < 1.29 is 4.79 Å². The lowest BCUT2D eigenvalue weighted by atomic mass is 10.2. The molecule has 0 aliphatic heterocycles. The van der Waals surface area contributed by atoms with Gasteiger partial charge < -0.3 is 10.6 Å². The number of nitrogens with zero attached hydrogens (tertiary/aromatic N) is 3. The van der Waals surface area contributed by atoms with Gasteiger partial charge in [-0.3, -0.25) is 9.48 Å². The van der Waals surface area contributed by atoms with Gasteiger partial charge in [0.05, 0.1) is 22.8 Å². The van der Waals surface area contributed by atoms with Crippen LogP contribution in [0.1, 0.15) is 23.0 Å². The summed E-state index contributed by atoms with van der Waals surface area (Å²) in [7, 11) is 1.79. The fraction of sp³-hybridized carbons (Fsp3) is 0.500. The molecule has 2 N–H and O–H groups in total. The van der Waals surface area contributed by atoms with E-state index in [0.29, 0.717) is 29.3 Å². The van der Waals surface area contributed by atoms with Crippen LogP contribution in [0.3, 0.4) is 0 Å². The van der Waals surface area contributed by atoms with E-state index in [0.717, 1.165) is 0 Å². The van der Waals surface area contributed by atoms with Gasteiger partial charge in [-0.15, -0.1) is 0 Å². The average molecular weight is 240 g/mol. The molecule has 6 heteroatoms. The molecule has 0 fully saturated rings. The molecule has 1 aromatic heterocycles. The van der Waals surface area contributed by atoms with E-state index in [9.17, 15) is 4.79 Å². The van der Waals surface area contributed by atoms with Crippen molar-refractivity contribution in [3.05, 3.63) is 17.5 Å². The van der Waals surface area contributed by atoms with E-state index < -0.39 is 0 Å². The second kappa shape index (κ2) is 5.07. The average Bonchev–Trinajstić information content (AvgIpc) is 2.53. The molecule has 0 atom stereocenters. The lowest BCUT2D eigenvalue weighted by Gasteiger charge is -2.19. The van der Waals surface area contributed by atoms with Crippen molar-refractivity contribution in [1.29, 1.82) is 0 Å². The predicted molar refractivity (Wildman–Crippen MR) is 66.3 cm³/mol. The fourth-order valence-electron chi connectivity index (χ4n) is 1.50. The molecule has 0 aromatic carbocycles. The maximum atomic E-state index is 12.1. The fourth-order valence-corrected chi connectivity index (χ4v) is 1.65. The van der Waals surface area contributed by atoms with E-state index in [1.54, 1.807) is 22.8 Å². The molecule has 5 nitrogen and oxygen atoms in total. The molecule has 0 radical (unpaired) electrons. The molecule has 16 heavy (non-hydrogen) atoms.